The zero-order valence-corrected chi connectivity index (χ0v) is 13.9. The Morgan fingerprint density at radius 3 is 2.26 bits per heavy atom. The average Bonchev–Trinajstić information content (AvgIpc) is 2.36. The molecule has 0 saturated carbocycles. The third-order valence-electron chi connectivity index (χ3n) is 2.30. The third kappa shape index (κ3) is 17.3. The second-order valence-corrected chi connectivity index (χ2v) is 4.45. The van der Waals surface area contributed by atoms with Crippen LogP contribution >= 0.6 is 9.47 Å². The molecule has 0 aliphatic heterocycles. The zero-order valence-electron chi connectivity index (χ0n) is 12.8. The van der Waals surface area contributed by atoms with Crippen molar-refractivity contribution in [3.05, 3.63) is 24.5 Å². The van der Waals surface area contributed by atoms with Gasteiger partial charge in [-0.15, -0.1) is 6.58 Å². The Bertz CT molecular complexity index is 256. The Labute approximate surface area is 120 Å². The van der Waals surface area contributed by atoms with Gasteiger partial charge >= 0.3 is 0 Å². The average molecular weight is 288 g/mol. The van der Waals surface area contributed by atoms with E-state index in [9.17, 15) is 4.79 Å². The first-order valence-electron chi connectivity index (χ1n) is 6.79. The van der Waals surface area contributed by atoms with Gasteiger partial charge < -0.3 is 9.26 Å². The maximum atomic E-state index is 10.2. The van der Waals surface area contributed by atoms with Crippen molar-refractivity contribution in [1.82, 2.24) is 0 Å². The third-order valence-corrected chi connectivity index (χ3v) is 2.67. The van der Waals surface area contributed by atoms with Crippen molar-refractivity contribution >= 4 is 15.2 Å². The number of rotatable bonds is 9. The van der Waals surface area contributed by atoms with E-state index in [0.29, 0.717) is 11.9 Å². The van der Waals surface area contributed by atoms with E-state index in [0.717, 1.165) is 19.4 Å². The Kier molecular flexibility index (Phi) is 16.7. The summed E-state index contributed by atoms with van der Waals surface area (Å²) in [6.07, 6.45) is 8.44. The maximum absolute atomic E-state index is 10.2. The first kappa shape index (κ1) is 20.7. The summed E-state index contributed by atoms with van der Waals surface area (Å²) in [7, 11) is 2.06. The van der Waals surface area contributed by atoms with Crippen molar-refractivity contribution in [3.63, 3.8) is 0 Å². The Balaban J connectivity index is 0. The number of hydrogen-bond donors (Lipinski definition) is 0. The lowest BCUT2D eigenvalue weighted by Crippen LogP contribution is -2.11. The highest BCUT2D eigenvalue weighted by Gasteiger charge is 2.04. The van der Waals surface area contributed by atoms with Crippen molar-refractivity contribution in [2.75, 3.05) is 6.61 Å². The predicted octanol–water partition coefficient (Wildman–Crippen LogP) is 4.44. The highest BCUT2D eigenvalue weighted by molar-refractivity contribution is 7.10. The van der Waals surface area contributed by atoms with E-state index in [1.165, 1.54) is 25.8 Å². The summed E-state index contributed by atoms with van der Waals surface area (Å²) in [6.45, 7) is 12.0. The molecule has 0 radical (unpaired) electrons. The lowest BCUT2D eigenvalue weighted by molar-refractivity contribution is -0.112. The van der Waals surface area contributed by atoms with Crippen LogP contribution in [0.5, 0.6) is 0 Å². The molecule has 0 amide bonds. The fraction of sp³-hybridized carbons (Fsp3) is 0.667. The quantitative estimate of drug-likeness (QED) is 0.272. The summed E-state index contributed by atoms with van der Waals surface area (Å²) < 4.78 is 10.2. The second kappa shape index (κ2) is 15.4. The lowest BCUT2D eigenvalue weighted by Gasteiger charge is -2.14. The van der Waals surface area contributed by atoms with Gasteiger partial charge in [0.05, 0.1) is 21.3 Å². The summed E-state index contributed by atoms with van der Waals surface area (Å²) in [5, 5.41) is 0. The minimum absolute atomic E-state index is 0.00458. The van der Waals surface area contributed by atoms with Crippen LogP contribution in [0.15, 0.2) is 24.5 Å². The maximum Gasteiger partial charge on any atom is 0.155 e. The highest BCUT2D eigenvalue weighted by atomic mass is 31.0. The topological polar surface area (TPSA) is 35.5 Å². The molecule has 3 nitrogen and oxygen atoms in total. The van der Waals surface area contributed by atoms with Gasteiger partial charge in [0.2, 0.25) is 0 Å². The number of carbonyl (C=O) groups is 1. The van der Waals surface area contributed by atoms with Gasteiger partial charge in [-0.1, -0.05) is 19.4 Å². The first-order chi connectivity index (χ1) is 9.01. The van der Waals surface area contributed by atoms with E-state index >= 15 is 0 Å². The first-order valence-corrected chi connectivity index (χ1v) is 7.26. The molecule has 4 heteroatoms. The van der Waals surface area contributed by atoms with E-state index in [2.05, 4.69) is 34.4 Å². The number of hydrogen-bond acceptors (Lipinski definition) is 3. The normalized spacial score (nSPS) is 12.2. The molecule has 0 aromatic rings. The van der Waals surface area contributed by atoms with E-state index in [1.54, 1.807) is 6.92 Å². The Hall–Kier alpha value is -0.660. The van der Waals surface area contributed by atoms with E-state index in [-0.39, 0.29) is 5.78 Å². The van der Waals surface area contributed by atoms with E-state index in [1.807, 2.05) is 6.08 Å². The summed E-state index contributed by atoms with van der Waals surface area (Å²) >= 11 is 0. The molecular formula is C15H29O3P. The van der Waals surface area contributed by atoms with Gasteiger partial charge in [-0.05, 0) is 40.0 Å². The summed E-state index contributed by atoms with van der Waals surface area (Å²) in [5.74, 6) is 0.618. The molecule has 0 N–H and O–H groups in total. The molecule has 2 atom stereocenters. The molecule has 0 rings (SSSR count). The van der Waals surface area contributed by atoms with Crippen molar-refractivity contribution in [2.45, 2.75) is 59.5 Å². The molecular weight excluding hydrogens is 259 g/mol. The zero-order chi connectivity index (χ0) is 15.1. The summed E-state index contributed by atoms with van der Waals surface area (Å²) in [4.78, 5) is 10.2. The van der Waals surface area contributed by atoms with Crippen molar-refractivity contribution in [2.24, 2.45) is 0 Å². The molecule has 0 bridgehead atoms. The van der Waals surface area contributed by atoms with Gasteiger partial charge in [-0.3, -0.25) is 4.79 Å². The fourth-order valence-corrected chi connectivity index (χ4v) is 1.56. The smallest absolute Gasteiger partial charge is 0.155 e. The van der Waals surface area contributed by atoms with Crippen LogP contribution in [0.3, 0.4) is 0 Å². The van der Waals surface area contributed by atoms with Crippen molar-refractivity contribution in [3.8, 4) is 0 Å². The molecule has 19 heavy (non-hydrogen) atoms. The molecule has 0 aliphatic rings. The van der Waals surface area contributed by atoms with Crippen LogP contribution in [-0.4, -0.2) is 18.5 Å². The molecule has 0 aromatic carbocycles. The Morgan fingerprint density at radius 2 is 1.95 bits per heavy atom. The molecule has 0 spiro atoms. The molecule has 0 aromatic heterocycles. The second-order valence-electron chi connectivity index (χ2n) is 4.22. The minimum atomic E-state index is 0.00458. The molecule has 0 heterocycles. The molecule has 112 valence electrons. The largest absolute Gasteiger partial charge is 0.485 e. The molecule has 0 aliphatic carbocycles. The summed E-state index contributed by atoms with van der Waals surface area (Å²) in [6, 6.07) is 0. The van der Waals surface area contributed by atoms with Crippen LogP contribution in [0.4, 0.5) is 0 Å². The Morgan fingerprint density at radius 1 is 1.32 bits per heavy atom. The van der Waals surface area contributed by atoms with Crippen molar-refractivity contribution < 1.29 is 14.1 Å². The number of carbonyl (C=O) groups excluding carboxylic acids is 1. The van der Waals surface area contributed by atoms with Gasteiger partial charge in [-0.2, -0.15) is 0 Å². The number of ketones is 1. The van der Waals surface area contributed by atoms with Gasteiger partial charge in [0.15, 0.2) is 5.78 Å². The molecule has 2 unspecified atom stereocenters. The van der Waals surface area contributed by atoms with Crippen LogP contribution < -0.4 is 0 Å². The van der Waals surface area contributed by atoms with Crippen LogP contribution in [0.1, 0.15) is 53.4 Å². The van der Waals surface area contributed by atoms with Crippen LogP contribution in [0, 0.1) is 0 Å². The van der Waals surface area contributed by atoms with E-state index in [4.69, 9.17) is 4.74 Å². The van der Waals surface area contributed by atoms with Gasteiger partial charge in [-0.25, -0.2) is 0 Å². The van der Waals surface area contributed by atoms with E-state index < -0.39 is 0 Å². The van der Waals surface area contributed by atoms with Crippen LogP contribution in [-0.2, 0) is 14.1 Å². The van der Waals surface area contributed by atoms with Gasteiger partial charge in [0.25, 0.3) is 0 Å². The number of allylic oxidation sites excluding steroid dienone is 3. The highest BCUT2D eigenvalue weighted by Crippen LogP contribution is 2.09. The monoisotopic (exact) mass is 288 g/mol. The standard InChI is InChI=1S/C10H20O.C5H9O2P/c1-4-7-9-10(8-5-2)11-6-3;1-4(6)3-5(2)7-8/h4,10H,1,5-9H2,2-3H3;3H,8H2,1-2H3/b;5-3-. The van der Waals surface area contributed by atoms with Gasteiger partial charge in [0.1, 0.15) is 0 Å². The van der Waals surface area contributed by atoms with Crippen LogP contribution in [0.25, 0.3) is 0 Å². The lowest BCUT2D eigenvalue weighted by atomic mass is 10.1. The molecule has 0 fully saturated rings. The van der Waals surface area contributed by atoms with Gasteiger partial charge in [0, 0.05) is 12.7 Å². The van der Waals surface area contributed by atoms with Crippen LogP contribution in [0.2, 0.25) is 0 Å². The summed E-state index contributed by atoms with van der Waals surface area (Å²) in [5.41, 5.74) is 0. The SMILES string of the molecule is C=CCCC(CCC)OCC.CC(=O)/C=C(/C)OP. The number of ether oxygens (including phenoxy) is 1. The molecule has 0 saturated heterocycles. The fourth-order valence-electron chi connectivity index (χ4n) is 1.49. The minimum Gasteiger partial charge on any atom is -0.485 e. The van der Waals surface area contributed by atoms with Crippen molar-refractivity contribution in [1.29, 1.82) is 0 Å². The predicted molar refractivity (Wildman–Crippen MR) is 85.0 cm³/mol.